The molecule has 0 atom stereocenters. The summed E-state index contributed by atoms with van der Waals surface area (Å²) >= 11 is 0. The molecule has 1 N–H and O–H groups in total. The number of nitrogens with one attached hydrogen (secondary N) is 1. The lowest BCUT2D eigenvalue weighted by molar-refractivity contribution is 0.0524. The fraction of sp³-hybridized carbons (Fsp3) is 0.292. The van der Waals surface area contributed by atoms with Gasteiger partial charge < -0.3 is 14.6 Å². The van der Waals surface area contributed by atoms with Crippen LogP contribution in [-0.2, 0) is 11.3 Å². The molecular weight excluding hydrogens is 418 g/mol. The molecule has 32 heavy (non-hydrogen) atoms. The van der Waals surface area contributed by atoms with Crippen LogP contribution in [0.3, 0.4) is 0 Å². The van der Waals surface area contributed by atoms with E-state index in [0.29, 0.717) is 11.1 Å². The summed E-state index contributed by atoms with van der Waals surface area (Å²) in [4.78, 5) is 37.5. The number of anilines is 1. The van der Waals surface area contributed by atoms with E-state index in [-0.39, 0.29) is 47.1 Å². The summed E-state index contributed by atoms with van der Waals surface area (Å²) in [6.45, 7) is 3.09. The molecular formula is C24H22F2N2O4. The molecule has 3 aromatic rings. The number of halogens is 2. The minimum atomic E-state index is -1.22. The van der Waals surface area contributed by atoms with Crippen molar-refractivity contribution in [1.29, 1.82) is 0 Å². The predicted octanol–water partition coefficient (Wildman–Crippen LogP) is 4.61. The van der Waals surface area contributed by atoms with Gasteiger partial charge in [0.25, 0.3) is 0 Å². The number of hydrogen-bond donors (Lipinski definition) is 1. The van der Waals surface area contributed by atoms with Crippen molar-refractivity contribution in [2.24, 2.45) is 0 Å². The van der Waals surface area contributed by atoms with Crippen molar-refractivity contribution in [1.82, 2.24) is 4.57 Å². The summed E-state index contributed by atoms with van der Waals surface area (Å²) < 4.78 is 36.1. The van der Waals surface area contributed by atoms with Crippen molar-refractivity contribution < 1.29 is 23.1 Å². The van der Waals surface area contributed by atoms with Crippen LogP contribution in [0.4, 0.5) is 14.5 Å². The lowest BCUT2D eigenvalue weighted by Gasteiger charge is -2.17. The third-order valence-corrected chi connectivity index (χ3v) is 5.50. The number of nitrogens with zero attached hydrogens (tertiary/aromatic N) is 1. The van der Waals surface area contributed by atoms with Gasteiger partial charge in [-0.1, -0.05) is 24.3 Å². The summed E-state index contributed by atoms with van der Waals surface area (Å²) in [6.07, 6.45) is 2.97. The summed E-state index contributed by atoms with van der Waals surface area (Å²) in [5.41, 5.74) is -0.110. The third kappa shape index (κ3) is 3.88. The minimum absolute atomic E-state index is 0.0116. The molecule has 4 rings (SSSR count). The Bertz CT molecular complexity index is 1300. The highest BCUT2D eigenvalue weighted by Crippen LogP contribution is 2.39. The number of hydrogen-bond acceptors (Lipinski definition) is 5. The van der Waals surface area contributed by atoms with Crippen molar-refractivity contribution in [2.45, 2.75) is 39.3 Å². The van der Waals surface area contributed by atoms with Gasteiger partial charge in [0.05, 0.1) is 23.2 Å². The Morgan fingerprint density at radius 3 is 2.56 bits per heavy atom. The predicted molar refractivity (Wildman–Crippen MR) is 116 cm³/mol. The number of carbonyl (C=O) groups excluding carboxylic acids is 2. The zero-order chi connectivity index (χ0) is 23.0. The fourth-order valence-corrected chi connectivity index (χ4v) is 3.82. The molecule has 6 nitrogen and oxygen atoms in total. The first kappa shape index (κ1) is 21.7. The van der Waals surface area contributed by atoms with Gasteiger partial charge in [-0.05, 0) is 32.3 Å². The van der Waals surface area contributed by atoms with E-state index < -0.39 is 23.0 Å². The molecule has 0 radical (unpaired) electrons. The quantitative estimate of drug-likeness (QED) is 0.429. The molecule has 1 heterocycles. The number of pyridine rings is 1. The molecule has 2 aromatic carbocycles. The molecule has 8 heteroatoms. The normalized spacial score (nSPS) is 13.2. The van der Waals surface area contributed by atoms with E-state index in [1.807, 2.05) is 0 Å². The summed E-state index contributed by atoms with van der Waals surface area (Å²) in [5, 5.41) is 2.68. The van der Waals surface area contributed by atoms with Crippen LogP contribution < -0.4 is 10.7 Å². The minimum Gasteiger partial charge on any atom is -0.462 e. The van der Waals surface area contributed by atoms with Crippen molar-refractivity contribution in [3.8, 4) is 0 Å². The van der Waals surface area contributed by atoms with Crippen LogP contribution in [-0.4, -0.2) is 22.9 Å². The van der Waals surface area contributed by atoms with Gasteiger partial charge in [-0.3, -0.25) is 9.59 Å². The first-order chi connectivity index (χ1) is 15.3. The van der Waals surface area contributed by atoms with Crippen LogP contribution in [0.1, 0.15) is 59.0 Å². The number of carbonyl (C=O) groups is 2. The number of ketones is 1. The first-order valence-electron chi connectivity index (χ1n) is 10.4. The highest BCUT2D eigenvalue weighted by atomic mass is 19.2. The van der Waals surface area contributed by atoms with Crippen LogP contribution in [0.5, 0.6) is 0 Å². The highest BCUT2D eigenvalue weighted by molar-refractivity contribution is 5.99. The zero-order valence-corrected chi connectivity index (χ0v) is 17.7. The molecule has 1 aromatic heterocycles. The zero-order valence-electron chi connectivity index (χ0n) is 17.7. The number of fused-ring (bicyclic) bond motifs is 1. The smallest absolute Gasteiger partial charge is 0.343 e. The van der Waals surface area contributed by atoms with Gasteiger partial charge in [0.1, 0.15) is 5.56 Å². The Kier molecular flexibility index (Phi) is 5.78. The van der Waals surface area contributed by atoms with E-state index in [1.165, 1.54) is 13.1 Å². The number of aromatic nitrogens is 1. The molecule has 1 aliphatic carbocycles. The van der Waals surface area contributed by atoms with Gasteiger partial charge in [-0.25, -0.2) is 13.6 Å². The van der Waals surface area contributed by atoms with E-state index in [1.54, 1.807) is 35.8 Å². The second-order valence-corrected chi connectivity index (χ2v) is 7.74. The highest BCUT2D eigenvalue weighted by Gasteiger charge is 2.29. The fourth-order valence-electron chi connectivity index (χ4n) is 3.82. The van der Waals surface area contributed by atoms with Gasteiger partial charge in [0.2, 0.25) is 5.43 Å². The molecule has 1 aliphatic rings. The maximum Gasteiger partial charge on any atom is 0.343 e. The molecule has 0 unspecified atom stereocenters. The molecule has 0 bridgehead atoms. The van der Waals surface area contributed by atoms with Crippen molar-refractivity contribution in [3.63, 3.8) is 0 Å². The van der Waals surface area contributed by atoms with E-state index >= 15 is 0 Å². The molecule has 0 aliphatic heterocycles. The Labute approximate surface area is 182 Å². The van der Waals surface area contributed by atoms with Gasteiger partial charge in [0.15, 0.2) is 17.4 Å². The molecule has 1 saturated carbocycles. The van der Waals surface area contributed by atoms with Crippen molar-refractivity contribution in [2.75, 3.05) is 11.9 Å². The maximum atomic E-state index is 14.9. The Balaban J connectivity index is 1.90. The lowest BCUT2D eigenvalue weighted by atomic mass is 10.0. The average Bonchev–Trinajstić information content (AvgIpc) is 3.60. The molecule has 166 valence electrons. The van der Waals surface area contributed by atoms with E-state index in [9.17, 15) is 23.2 Å². The molecule has 0 spiro atoms. The van der Waals surface area contributed by atoms with Crippen LogP contribution in [0.2, 0.25) is 0 Å². The number of rotatable bonds is 7. The number of benzene rings is 2. The Morgan fingerprint density at radius 1 is 1.19 bits per heavy atom. The first-order valence-corrected chi connectivity index (χ1v) is 10.4. The second kappa shape index (κ2) is 8.53. The maximum absolute atomic E-state index is 14.9. The van der Waals surface area contributed by atoms with Gasteiger partial charge in [-0.2, -0.15) is 0 Å². The van der Waals surface area contributed by atoms with E-state index in [2.05, 4.69) is 5.32 Å². The van der Waals surface area contributed by atoms with Crippen molar-refractivity contribution >= 4 is 28.3 Å². The largest absolute Gasteiger partial charge is 0.462 e. The average molecular weight is 440 g/mol. The summed E-state index contributed by atoms with van der Waals surface area (Å²) in [6, 6.07) is 7.73. The third-order valence-electron chi connectivity index (χ3n) is 5.50. The van der Waals surface area contributed by atoms with Gasteiger partial charge in [0, 0.05) is 30.4 Å². The van der Waals surface area contributed by atoms with E-state index in [4.69, 9.17) is 4.74 Å². The SMILES string of the molecule is CCOC(=O)c1cn(C2CC2)c2cc(F)c(F)c(NCc3ccccc3C(C)=O)c2c1=O. The number of esters is 1. The molecule has 1 fully saturated rings. The summed E-state index contributed by atoms with van der Waals surface area (Å²) in [7, 11) is 0. The standard InChI is InChI=1S/C24H22F2N2O4/c1-3-32-24(31)17-12-28(15-8-9-15)19-10-18(25)21(26)22(20(19)23(17)30)27-11-14-6-4-5-7-16(14)13(2)29/h4-7,10,12,15,27H,3,8-9,11H2,1-2H3. The molecule has 0 saturated heterocycles. The Hall–Kier alpha value is -3.55. The Morgan fingerprint density at radius 2 is 1.91 bits per heavy atom. The van der Waals surface area contributed by atoms with Crippen LogP contribution in [0.25, 0.3) is 10.9 Å². The van der Waals surface area contributed by atoms with Gasteiger partial charge >= 0.3 is 5.97 Å². The summed E-state index contributed by atoms with van der Waals surface area (Å²) in [5.74, 6) is -3.32. The second-order valence-electron chi connectivity index (χ2n) is 7.74. The van der Waals surface area contributed by atoms with Crippen LogP contribution in [0.15, 0.2) is 41.3 Å². The monoisotopic (exact) mass is 440 g/mol. The van der Waals surface area contributed by atoms with Crippen LogP contribution >= 0.6 is 0 Å². The van der Waals surface area contributed by atoms with E-state index in [0.717, 1.165) is 18.9 Å². The lowest BCUT2D eigenvalue weighted by Crippen LogP contribution is -2.22. The van der Waals surface area contributed by atoms with Gasteiger partial charge in [-0.15, -0.1) is 0 Å². The van der Waals surface area contributed by atoms with Crippen molar-refractivity contribution in [3.05, 3.63) is 75.1 Å². The topological polar surface area (TPSA) is 77.4 Å². The number of ether oxygens (including phenoxy) is 1. The van der Waals surface area contributed by atoms with Crippen LogP contribution in [0, 0.1) is 11.6 Å². The molecule has 0 amide bonds. The number of Topliss-reactive ketones (excluding diaryl/α,β-unsaturated/α-hetero) is 1.